The van der Waals surface area contributed by atoms with Gasteiger partial charge in [-0.3, -0.25) is 4.79 Å². The number of hydrogen-bond donors (Lipinski definition) is 0. The molecule has 0 atom stereocenters. The van der Waals surface area contributed by atoms with E-state index >= 15 is 0 Å². The van der Waals surface area contributed by atoms with E-state index < -0.39 is 0 Å². The molecule has 0 saturated heterocycles. The largest absolute Gasteiger partial charge is 0.338 e. The zero-order valence-corrected chi connectivity index (χ0v) is 13.4. The van der Waals surface area contributed by atoms with Crippen molar-refractivity contribution in [1.82, 2.24) is 14.7 Å². The molecule has 0 N–H and O–H groups in total. The molecule has 0 saturated carbocycles. The first kappa shape index (κ1) is 14.4. The first-order chi connectivity index (χ1) is 11.6. The van der Waals surface area contributed by atoms with Crippen LogP contribution in [0.1, 0.15) is 11.3 Å². The predicted molar refractivity (Wildman–Crippen MR) is 92.3 cm³/mol. The SMILES string of the molecule is Cc1ccc(-c2nc3ccccc3c(=O)n2-c2cc(C)no2)cc1. The molecule has 0 aliphatic rings. The highest BCUT2D eigenvalue weighted by molar-refractivity contribution is 5.80. The van der Waals surface area contributed by atoms with E-state index in [1.54, 1.807) is 12.1 Å². The summed E-state index contributed by atoms with van der Waals surface area (Å²) in [6.45, 7) is 3.84. The third-order valence-electron chi connectivity index (χ3n) is 3.92. The fourth-order valence-electron chi connectivity index (χ4n) is 2.69. The Balaban J connectivity index is 2.10. The summed E-state index contributed by atoms with van der Waals surface area (Å²) < 4.78 is 6.82. The summed E-state index contributed by atoms with van der Waals surface area (Å²) in [6.07, 6.45) is 0. The summed E-state index contributed by atoms with van der Waals surface area (Å²) in [5.74, 6) is 0.904. The van der Waals surface area contributed by atoms with Gasteiger partial charge in [-0.25, -0.2) is 9.55 Å². The summed E-state index contributed by atoms with van der Waals surface area (Å²) in [6, 6.07) is 16.9. The van der Waals surface area contributed by atoms with Crippen LogP contribution in [0.15, 0.2) is 63.9 Å². The van der Waals surface area contributed by atoms with Crippen LogP contribution in [0.2, 0.25) is 0 Å². The Morgan fingerprint density at radius 2 is 1.75 bits per heavy atom. The highest BCUT2D eigenvalue weighted by Crippen LogP contribution is 2.22. The number of rotatable bonds is 2. The van der Waals surface area contributed by atoms with Gasteiger partial charge in [0, 0.05) is 11.6 Å². The molecular weight excluding hydrogens is 302 g/mol. The first-order valence-electron chi connectivity index (χ1n) is 7.66. The molecule has 0 fully saturated rings. The molecule has 2 aromatic carbocycles. The van der Waals surface area contributed by atoms with Crippen LogP contribution in [-0.4, -0.2) is 14.7 Å². The average Bonchev–Trinajstić information content (AvgIpc) is 3.01. The van der Waals surface area contributed by atoms with Gasteiger partial charge in [0.25, 0.3) is 5.56 Å². The Morgan fingerprint density at radius 3 is 2.46 bits per heavy atom. The van der Waals surface area contributed by atoms with Crippen molar-refractivity contribution in [3.8, 4) is 17.3 Å². The molecule has 4 aromatic rings. The van der Waals surface area contributed by atoms with Crippen molar-refractivity contribution >= 4 is 10.9 Å². The van der Waals surface area contributed by atoms with Gasteiger partial charge in [0.15, 0.2) is 5.82 Å². The molecule has 0 spiro atoms. The minimum atomic E-state index is -0.174. The number of benzene rings is 2. The molecule has 0 radical (unpaired) electrons. The molecule has 0 unspecified atom stereocenters. The van der Waals surface area contributed by atoms with Crippen molar-refractivity contribution in [2.24, 2.45) is 0 Å². The third kappa shape index (κ3) is 2.31. The number of para-hydroxylation sites is 1. The van der Waals surface area contributed by atoms with Crippen molar-refractivity contribution in [1.29, 1.82) is 0 Å². The number of aromatic nitrogens is 3. The highest BCUT2D eigenvalue weighted by atomic mass is 16.5. The lowest BCUT2D eigenvalue weighted by molar-refractivity contribution is 0.400. The lowest BCUT2D eigenvalue weighted by atomic mass is 10.1. The predicted octanol–water partition coefficient (Wildman–Crippen LogP) is 3.66. The minimum Gasteiger partial charge on any atom is -0.338 e. The molecule has 24 heavy (non-hydrogen) atoms. The van der Waals surface area contributed by atoms with Crippen LogP contribution in [0.4, 0.5) is 0 Å². The van der Waals surface area contributed by atoms with Crippen LogP contribution in [0.5, 0.6) is 0 Å². The molecule has 2 heterocycles. The van der Waals surface area contributed by atoms with Crippen LogP contribution in [0.3, 0.4) is 0 Å². The smallest absolute Gasteiger partial charge is 0.268 e. The zero-order valence-electron chi connectivity index (χ0n) is 13.4. The third-order valence-corrected chi connectivity index (χ3v) is 3.92. The Bertz CT molecular complexity index is 1090. The second-order valence-electron chi connectivity index (χ2n) is 5.77. The number of nitrogens with zero attached hydrogens (tertiary/aromatic N) is 3. The minimum absolute atomic E-state index is 0.174. The van der Waals surface area contributed by atoms with Crippen LogP contribution < -0.4 is 5.56 Å². The summed E-state index contributed by atoms with van der Waals surface area (Å²) in [5.41, 5.74) is 3.18. The average molecular weight is 317 g/mol. The van der Waals surface area contributed by atoms with Crippen molar-refractivity contribution in [3.63, 3.8) is 0 Å². The molecule has 0 bridgehead atoms. The van der Waals surface area contributed by atoms with E-state index in [9.17, 15) is 4.79 Å². The van der Waals surface area contributed by atoms with Gasteiger partial charge in [0.1, 0.15) is 0 Å². The van der Waals surface area contributed by atoms with Gasteiger partial charge in [-0.1, -0.05) is 47.1 Å². The second-order valence-corrected chi connectivity index (χ2v) is 5.77. The number of aryl methyl sites for hydroxylation is 2. The molecule has 5 nitrogen and oxygen atoms in total. The Kier molecular flexibility index (Phi) is 3.27. The molecule has 0 aliphatic heterocycles. The Morgan fingerprint density at radius 1 is 1.00 bits per heavy atom. The van der Waals surface area contributed by atoms with E-state index in [1.807, 2.05) is 56.3 Å². The van der Waals surface area contributed by atoms with Gasteiger partial charge in [-0.15, -0.1) is 0 Å². The van der Waals surface area contributed by atoms with Gasteiger partial charge >= 0.3 is 0 Å². The van der Waals surface area contributed by atoms with Gasteiger partial charge in [-0.2, -0.15) is 0 Å². The summed E-state index contributed by atoms with van der Waals surface area (Å²) in [7, 11) is 0. The summed E-state index contributed by atoms with van der Waals surface area (Å²) in [4.78, 5) is 17.7. The Hall–Kier alpha value is -3.21. The van der Waals surface area contributed by atoms with Crippen LogP contribution in [0, 0.1) is 13.8 Å². The first-order valence-corrected chi connectivity index (χ1v) is 7.66. The molecule has 0 aliphatic carbocycles. The van der Waals surface area contributed by atoms with Gasteiger partial charge in [-0.05, 0) is 26.0 Å². The lowest BCUT2D eigenvalue weighted by Crippen LogP contribution is -2.21. The summed E-state index contributed by atoms with van der Waals surface area (Å²) >= 11 is 0. The van der Waals surface area contributed by atoms with Gasteiger partial charge < -0.3 is 4.52 Å². The molecule has 2 aromatic heterocycles. The number of fused-ring (bicyclic) bond motifs is 1. The quantitative estimate of drug-likeness (QED) is 0.566. The number of hydrogen-bond acceptors (Lipinski definition) is 4. The topological polar surface area (TPSA) is 60.9 Å². The van der Waals surface area contributed by atoms with Crippen molar-refractivity contribution in [3.05, 3.63) is 76.2 Å². The Labute approximate surface area is 138 Å². The van der Waals surface area contributed by atoms with Crippen molar-refractivity contribution in [2.75, 3.05) is 0 Å². The molecular formula is C19H15N3O2. The van der Waals surface area contributed by atoms with E-state index in [0.29, 0.717) is 28.3 Å². The van der Waals surface area contributed by atoms with Gasteiger partial charge in [0.2, 0.25) is 5.88 Å². The fourth-order valence-corrected chi connectivity index (χ4v) is 2.69. The normalized spacial score (nSPS) is 11.1. The molecule has 4 rings (SSSR count). The zero-order chi connectivity index (χ0) is 16.7. The fraction of sp³-hybridized carbons (Fsp3) is 0.105. The maximum absolute atomic E-state index is 13.0. The van der Waals surface area contributed by atoms with Crippen LogP contribution >= 0.6 is 0 Å². The van der Waals surface area contributed by atoms with E-state index in [2.05, 4.69) is 5.16 Å². The standard InChI is InChI=1S/C19H15N3O2/c1-12-7-9-14(10-8-12)18-20-16-6-4-3-5-15(16)19(23)22(18)17-11-13(2)21-24-17/h3-11H,1-2H3. The van der Waals surface area contributed by atoms with E-state index in [4.69, 9.17) is 9.51 Å². The molecule has 5 heteroatoms. The lowest BCUT2D eigenvalue weighted by Gasteiger charge is -2.11. The van der Waals surface area contributed by atoms with Gasteiger partial charge in [0.05, 0.1) is 16.6 Å². The van der Waals surface area contributed by atoms with E-state index in [0.717, 1.165) is 11.1 Å². The van der Waals surface area contributed by atoms with E-state index in [1.165, 1.54) is 4.57 Å². The maximum Gasteiger partial charge on any atom is 0.268 e. The molecule has 0 amide bonds. The highest BCUT2D eigenvalue weighted by Gasteiger charge is 2.17. The van der Waals surface area contributed by atoms with Crippen LogP contribution in [-0.2, 0) is 0 Å². The maximum atomic E-state index is 13.0. The summed E-state index contributed by atoms with van der Waals surface area (Å²) in [5, 5.41) is 4.44. The van der Waals surface area contributed by atoms with Crippen LogP contribution in [0.25, 0.3) is 28.2 Å². The van der Waals surface area contributed by atoms with Crippen molar-refractivity contribution in [2.45, 2.75) is 13.8 Å². The molecule has 118 valence electrons. The monoisotopic (exact) mass is 317 g/mol. The van der Waals surface area contributed by atoms with E-state index in [-0.39, 0.29) is 5.56 Å². The second kappa shape index (κ2) is 5.45. The van der Waals surface area contributed by atoms with Crippen molar-refractivity contribution < 1.29 is 4.52 Å².